The first kappa shape index (κ1) is 16.1. The van der Waals surface area contributed by atoms with E-state index < -0.39 is 5.79 Å². The number of benzene rings is 1. The number of hydrogen-bond donors (Lipinski definition) is 0. The minimum Gasteiger partial charge on any atom is -0.497 e. The first-order chi connectivity index (χ1) is 12.2. The average Bonchev–Trinajstić information content (AvgIpc) is 3.32. The van der Waals surface area contributed by atoms with Crippen LogP contribution in [0.4, 0.5) is 0 Å². The summed E-state index contributed by atoms with van der Waals surface area (Å²) in [5.41, 5.74) is 1.26. The number of carbonyl (C=O) groups excluding carboxylic acids is 1. The number of aromatic nitrogens is 1. The molecule has 0 unspecified atom stereocenters. The van der Waals surface area contributed by atoms with Gasteiger partial charge in [-0.15, -0.1) is 0 Å². The summed E-state index contributed by atoms with van der Waals surface area (Å²) < 4.78 is 21.9. The molecule has 1 amide bonds. The molecule has 3 heterocycles. The topological polar surface area (TPSA) is 74.0 Å². The number of piperidine rings is 1. The molecule has 4 rings (SSSR count). The van der Waals surface area contributed by atoms with Crippen molar-refractivity contribution in [3.8, 4) is 17.1 Å². The van der Waals surface area contributed by atoms with Gasteiger partial charge < -0.3 is 23.6 Å². The fourth-order valence-corrected chi connectivity index (χ4v) is 3.35. The quantitative estimate of drug-likeness (QED) is 0.851. The molecule has 132 valence electrons. The van der Waals surface area contributed by atoms with Crippen molar-refractivity contribution in [1.82, 2.24) is 10.1 Å². The Balaban J connectivity index is 1.50. The number of ether oxygens (including phenoxy) is 3. The fraction of sp³-hybridized carbons (Fsp3) is 0.444. The molecule has 0 bridgehead atoms. The molecule has 2 aromatic rings. The highest BCUT2D eigenvalue weighted by atomic mass is 16.7. The van der Waals surface area contributed by atoms with Gasteiger partial charge in [0, 0.05) is 31.5 Å². The zero-order valence-electron chi connectivity index (χ0n) is 14.1. The third kappa shape index (κ3) is 3.01. The highest BCUT2D eigenvalue weighted by molar-refractivity contribution is 5.99. The maximum absolute atomic E-state index is 12.9. The van der Waals surface area contributed by atoms with Crippen LogP contribution in [0.5, 0.6) is 5.75 Å². The minimum atomic E-state index is -0.496. The van der Waals surface area contributed by atoms with Crippen molar-refractivity contribution in [2.45, 2.75) is 18.6 Å². The molecular weight excluding hydrogens is 324 g/mol. The van der Waals surface area contributed by atoms with Gasteiger partial charge in [-0.3, -0.25) is 4.79 Å². The summed E-state index contributed by atoms with van der Waals surface area (Å²) in [6.07, 6.45) is 2.85. The van der Waals surface area contributed by atoms with Crippen LogP contribution >= 0.6 is 0 Å². The molecule has 0 radical (unpaired) electrons. The van der Waals surface area contributed by atoms with Gasteiger partial charge in [0.05, 0.1) is 26.5 Å². The Morgan fingerprint density at radius 1 is 1.16 bits per heavy atom. The van der Waals surface area contributed by atoms with Gasteiger partial charge in [-0.05, 0) is 24.3 Å². The highest BCUT2D eigenvalue weighted by Gasteiger charge is 2.41. The molecule has 25 heavy (non-hydrogen) atoms. The molecule has 0 aliphatic carbocycles. The van der Waals surface area contributed by atoms with Crippen molar-refractivity contribution in [1.29, 1.82) is 0 Å². The normalized spacial score (nSPS) is 19.3. The van der Waals surface area contributed by atoms with E-state index in [1.165, 1.54) is 6.20 Å². The summed E-state index contributed by atoms with van der Waals surface area (Å²) in [7, 11) is 1.61. The first-order valence-corrected chi connectivity index (χ1v) is 8.37. The van der Waals surface area contributed by atoms with E-state index in [1.54, 1.807) is 12.0 Å². The van der Waals surface area contributed by atoms with Crippen molar-refractivity contribution in [2.75, 3.05) is 33.4 Å². The monoisotopic (exact) mass is 344 g/mol. The van der Waals surface area contributed by atoms with Crippen molar-refractivity contribution >= 4 is 5.91 Å². The molecule has 0 atom stereocenters. The number of nitrogens with zero attached hydrogens (tertiary/aromatic N) is 2. The summed E-state index contributed by atoms with van der Waals surface area (Å²) in [5, 5.41) is 3.82. The number of carbonyl (C=O) groups is 1. The molecule has 1 spiro atoms. The van der Waals surface area contributed by atoms with E-state index in [0.29, 0.717) is 50.5 Å². The summed E-state index contributed by atoms with van der Waals surface area (Å²) in [5.74, 6) is 0.639. The van der Waals surface area contributed by atoms with Crippen molar-refractivity contribution in [3.05, 3.63) is 36.0 Å². The molecule has 0 saturated carbocycles. The van der Waals surface area contributed by atoms with Gasteiger partial charge in [0.1, 0.15) is 11.3 Å². The van der Waals surface area contributed by atoms with Gasteiger partial charge in [0.25, 0.3) is 5.91 Å². The van der Waals surface area contributed by atoms with Gasteiger partial charge in [-0.1, -0.05) is 5.16 Å². The zero-order valence-corrected chi connectivity index (χ0v) is 14.1. The highest BCUT2D eigenvalue weighted by Crippen LogP contribution is 2.33. The molecule has 2 saturated heterocycles. The molecule has 2 aliphatic rings. The Hall–Kier alpha value is -2.38. The maximum atomic E-state index is 12.9. The smallest absolute Gasteiger partial charge is 0.259 e. The predicted octanol–water partition coefficient (Wildman–Crippen LogP) is 2.33. The number of hydrogen-bond acceptors (Lipinski definition) is 6. The third-order valence-electron chi connectivity index (χ3n) is 4.78. The minimum absolute atomic E-state index is 0.0834. The second kappa shape index (κ2) is 6.50. The van der Waals surface area contributed by atoms with Gasteiger partial charge in [-0.25, -0.2) is 0 Å². The van der Waals surface area contributed by atoms with Crippen LogP contribution in [0.25, 0.3) is 11.3 Å². The standard InChI is InChI=1S/C18H20N2O5/c1-22-14-4-2-13(3-5-14)16-15(12-19-25-16)17(21)20-8-6-18(7-9-20)23-10-11-24-18/h2-5,12H,6-11H2,1H3. The summed E-state index contributed by atoms with van der Waals surface area (Å²) >= 11 is 0. The Morgan fingerprint density at radius 3 is 2.48 bits per heavy atom. The van der Waals surface area contributed by atoms with Crippen molar-refractivity contribution in [3.63, 3.8) is 0 Å². The largest absolute Gasteiger partial charge is 0.497 e. The fourth-order valence-electron chi connectivity index (χ4n) is 3.35. The van der Waals surface area contributed by atoms with Gasteiger partial charge >= 0.3 is 0 Å². The van der Waals surface area contributed by atoms with E-state index in [1.807, 2.05) is 24.3 Å². The molecule has 0 N–H and O–H groups in total. The Kier molecular flexibility index (Phi) is 4.19. The summed E-state index contributed by atoms with van der Waals surface area (Å²) in [4.78, 5) is 14.7. The molecule has 7 nitrogen and oxygen atoms in total. The van der Waals surface area contributed by atoms with Crippen LogP contribution in [-0.2, 0) is 9.47 Å². The molecule has 1 aromatic carbocycles. The Morgan fingerprint density at radius 2 is 1.84 bits per heavy atom. The van der Waals surface area contributed by atoms with Crippen LogP contribution in [0.15, 0.2) is 35.0 Å². The van der Waals surface area contributed by atoms with Crippen LogP contribution in [0.3, 0.4) is 0 Å². The number of rotatable bonds is 3. The predicted molar refractivity (Wildman–Crippen MR) is 88.3 cm³/mol. The van der Waals surface area contributed by atoms with E-state index in [2.05, 4.69) is 5.16 Å². The van der Waals surface area contributed by atoms with Gasteiger partial charge in [0.2, 0.25) is 0 Å². The van der Waals surface area contributed by atoms with Gasteiger partial charge in [0.15, 0.2) is 11.5 Å². The van der Waals surface area contributed by atoms with Gasteiger partial charge in [-0.2, -0.15) is 0 Å². The van der Waals surface area contributed by atoms with E-state index in [0.717, 1.165) is 11.3 Å². The van der Waals surface area contributed by atoms with Crippen LogP contribution in [0, 0.1) is 0 Å². The summed E-state index contributed by atoms with van der Waals surface area (Å²) in [6.45, 7) is 2.43. The lowest BCUT2D eigenvalue weighted by Gasteiger charge is -2.37. The Labute approximate surface area is 145 Å². The molecule has 7 heteroatoms. The van der Waals surface area contributed by atoms with E-state index in [-0.39, 0.29) is 5.91 Å². The molecular formula is C18H20N2O5. The molecule has 2 fully saturated rings. The molecule has 1 aromatic heterocycles. The van der Waals surface area contributed by atoms with Crippen LogP contribution in [0.2, 0.25) is 0 Å². The van der Waals surface area contributed by atoms with E-state index in [4.69, 9.17) is 18.7 Å². The Bertz CT molecular complexity index is 739. The lowest BCUT2D eigenvalue weighted by molar-refractivity contribution is -0.181. The summed E-state index contributed by atoms with van der Waals surface area (Å²) in [6, 6.07) is 7.35. The first-order valence-electron chi connectivity index (χ1n) is 8.37. The number of amides is 1. The number of methoxy groups -OCH3 is 1. The second-order valence-corrected chi connectivity index (χ2v) is 6.20. The maximum Gasteiger partial charge on any atom is 0.259 e. The number of likely N-dealkylation sites (tertiary alicyclic amines) is 1. The van der Waals surface area contributed by atoms with E-state index in [9.17, 15) is 4.79 Å². The van der Waals surface area contributed by atoms with Crippen molar-refractivity contribution in [2.24, 2.45) is 0 Å². The molecule has 2 aliphatic heterocycles. The van der Waals surface area contributed by atoms with Crippen LogP contribution in [0.1, 0.15) is 23.2 Å². The van der Waals surface area contributed by atoms with E-state index >= 15 is 0 Å². The van der Waals surface area contributed by atoms with Crippen LogP contribution < -0.4 is 4.74 Å². The third-order valence-corrected chi connectivity index (χ3v) is 4.78. The SMILES string of the molecule is COc1ccc(-c2oncc2C(=O)N2CCC3(CC2)OCCO3)cc1. The van der Waals surface area contributed by atoms with Crippen molar-refractivity contribution < 1.29 is 23.5 Å². The average molecular weight is 344 g/mol. The zero-order chi connectivity index (χ0) is 17.3. The lowest BCUT2D eigenvalue weighted by atomic mass is 10.0. The van der Waals surface area contributed by atoms with Crippen LogP contribution in [-0.4, -0.2) is 55.2 Å². The second-order valence-electron chi connectivity index (χ2n) is 6.20. The lowest BCUT2D eigenvalue weighted by Crippen LogP contribution is -2.47.